The molecule has 3 aromatic rings. The molecular formula is C14H5Cl2F6N5O3. The van der Waals surface area contributed by atoms with Crippen molar-refractivity contribution >= 4 is 46.1 Å². The summed E-state index contributed by atoms with van der Waals surface area (Å²) in [5.41, 5.74) is -4.05. The molecule has 0 fully saturated rings. The molecule has 2 heterocycles. The predicted octanol–water partition coefficient (Wildman–Crippen LogP) is 4.54. The summed E-state index contributed by atoms with van der Waals surface area (Å²) in [5.74, 6) is -2.46. The average molecular weight is 476 g/mol. The van der Waals surface area contributed by atoms with Crippen LogP contribution in [0.4, 0.5) is 37.0 Å². The number of benzene rings is 1. The van der Waals surface area contributed by atoms with E-state index in [4.69, 9.17) is 28.3 Å². The zero-order valence-corrected chi connectivity index (χ0v) is 15.3. The molecule has 0 saturated carbocycles. The fraction of sp³-hybridized carbons (Fsp3) is 0.143. The summed E-state index contributed by atoms with van der Waals surface area (Å²) in [4.78, 5) is 27.8. The smallest absolute Gasteiger partial charge is 0.449 e. The minimum absolute atomic E-state index is 0.443. The first-order chi connectivity index (χ1) is 13.7. The van der Waals surface area contributed by atoms with E-state index in [1.807, 2.05) is 0 Å². The third-order valence-electron chi connectivity index (χ3n) is 3.59. The highest BCUT2D eigenvalue weighted by Gasteiger charge is 2.36. The summed E-state index contributed by atoms with van der Waals surface area (Å²) in [7, 11) is 0. The Morgan fingerprint density at radius 3 is 2.13 bits per heavy atom. The molecule has 1 amide bonds. The van der Waals surface area contributed by atoms with Gasteiger partial charge in [-0.25, -0.2) is 14.5 Å². The van der Waals surface area contributed by atoms with Crippen LogP contribution in [0.3, 0.4) is 0 Å². The van der Waals surface area contributed by atoms with E-state index in [-0.39, 0.29) is 0 Å². The molecule has 0 aliphatic carbocycles. The zero-order valence-electron chi connectivity index (χ0n) is 13.8. The van der Waals surface area contributed by atoms with E-state index in [1.54, 1.807) is 5.32 Å². The van der Waals surface area contributed by atoms with Crippen LogP contribution in [0.2, 0.25) is 10.0 Å². The number of H-pyrrole nitrogens is 1. The molecule has 3 N–H and O–H groups in total. The van der Waals surface area contributed by atoms with Crippen molar-refractivity contribution in [3.8, 4) is 5.69 Å². The maximum atomic E-state index is 12.9. The monoisotopic (exact) mass is 475 g/mol. The summed E-state index contributed by atoms with van der Waals surface area (Å²) in [6.45, 7) is 0. The number of nitrogens with one attached hydrogen (secondary N) is 2. The number of aromatic amines is 1. The Kier molecular flexibility index (Phi) is 5.10. The first kappa shape index (κ1) is 21.7. The van der Waals surface area contributed by atoms with Gasteiger partial charge in [0.05, 0.1) is 15.6 Å². The van der Waals surface area contributed by atoms with Gasteiger partial charge in [0, 0.05) is 0 Å². The quantitative estimate of drug-likeness (QED) is 0.471. The standard InChI is InChI=1S/C14H5Cl2F6N5O3/c15-4-1-3(13(17,18)19)2-5(16)7(4)27-9(24-12(29)30)6-8(26-27)23-11(14(20,21)22)25-10(6)28/h1-2,24H,(H,29,30)(H,23,25,26,28). The maximum absolute atomic E-state index is 12.9. The van der Waals surface area contributed by atoms with Crippen molar-refractivity contribution in [3.05, 3.63) is 43.9 Å². The van der Waals surface area contributed by atoms with Crippen molar-refractivity contribution in [2.75, 3.05) is 5.32 Å². The van der Waals surface area contributed by atoms with Crippen LogP contribution in [-0.4, -0.2) is 30.9 Å². The van der Waals surface area contributed by atoms with Gasteiger partial charge < -0.3 is 10.1 Å². The minimum atomic E-state index is -5.07. The maximum Gasteiger partial charge on any atom is 0.449 e. The van der Waals surface area contributed by atoms with Crippen molar-refractivity contribution in [2.24, 2.45) is 0 Å². The van der Waals surface area contributed by atoms with Crippen LogP contribution >= 0.6 is 23.2 Å². The van der Waals surface area contributed by atoms with Gasteiger partial charge in [-0.3, -0.25) is 10.1 Å². The number of anilines is 1. The molecule has 0 unspecified atom stereocenters. The van der Waals surface area contributed by atoms with Crippen LogP contribution in [0, 0.1) is 0 Å². The molecule has 0 atom stereocenters. The van der Waals surface area contributed by atoms with Crippen LogP contribution in [0.25, 0.3) is 16.7 Å². The highest BCUT2D eigenvalue weighted by Crippen LogP contribution is 2.39. The largest absolute Gasteiger partial charge is 0.465 e. The van der Waals surface area contributed by atoms with E-state index in [0.29, 0.717) is 16.8 Å². The number of aromatic nitrogens is 4. The lowest BCUT2D eigenvalue weighted by atomic mass is 10.2. The summed E-state index contributed by atoms with van der Waals surface area (Å²) >= 11 is 11.7. The summed E-state index contributed by atoms with van der Waals surface area (Å²) in [5, 5.41) is 12.2. The molecule has 30 heavy (non-hydrogen) atoms. The Labute approximate surface area is 170 Å². The summed E-state index contributed by atoms with van der Waals surface area (Å²) in [6, 6.07) is 0.886. The van der Waals surface area contributed by atoms with E-state index in [1.165, 1.54) is 4.98 Å². The molecule has 0 spiro atoms. The highest BCUT2D eigenvalue weighted by atomic mass is 35.5. The summed E-state index contributed by atoms with van der Waals surface area (Å²) in [6.07, 6.45) is -11.7. The van der Waals surface area contributed by atoms with E-state index < -0.39 is 68.0 Å². The van der Waals surface area contributed by atoms with Gasteiger partial charge in [0.25, 0.3) is 5.56 Å². The molecule has 1 aromatic carbocycles. The topological polar surface area (TPSA) is 113 Å². The lowest BCUT2D eigenvalue weighted by Gasteiger charge is -2.14. The number of nitrogens with zero attached hydrogens (tertiary/aromatic N) is 3. The van der Waals surface area contributed by atoms with Gasteiger partial charge in [0.2, 0.25) is 5.82 Å². The Hall–Kier alpha value is -3.00. The number of fused-ring (bicyclic) bond motifs is 1. The molecule has 0 saturated heterocycles. The lowest BCUT2D eigenvalue weighted by molar-refractivity contribution is -0.145. The molecule has 0 aliphatic heterocycles. The third-order valence-corrected chi connectivity index (χ3v) is 4.17. The first-order valence-corrected chi connectivity index (χ1v) is 8.12. The van der Waals surface area contributed by atoms with Gasteiger partial charge in [-0.05, 0) is 12.1 Å². The Bertz CT molecular complexity index is 1210. The predicted molar refractivity (Wildman–Crippen MR) is 91.2 cm³/mol. The van der Waals surface area contributed by atoms with Crippen molar-refractivity contribution in [1.29, 1.82) is 0 Å². The van der Waals surface area contributed by atoms with Crippen LogP contribution in [0.15, 0.2) is 16.9 Å². The van der Waals surface area contributed by atoms with Crippen LogP contribution in [0.1, 0.15) is 11.4 Å². The molecule has 0 aliphatic rings. The number of amides is 1. The van der Waals surface area contributed by atoms with Gasteiger partial charge in [-0.1, -0.05) is 23.2 Å². The molecule has 8 nitrogen and oxygen atoms in total. The second-order valence-corrected chi connectivity index (χ2v) is 6.40. The lowest BCUT2D eigenvalue weighted by Crippen LogP contribution is -2.20. The average Bonchev–Trinajstić information content (AvgIpc) is 2.90. The minimum Gasteiger partial charge on any atom is -0.465 e. The van der Waals surface area contributed by atoms with E-state index >= 15 is 0 Å². The van der Waals surface area contributed by atoms with Crippen molar-refractivity contribution in [3.63, 3.8) is 0 Å². The number of carbonyl (C=O) groups is 1. The number of hydrogen-bond acceptors (Lipinski definition) is 4. The number of halogens is 8. The van der Waals surface area contributed by atoms with Crippen LogP contribution in [-0.2, 0) is 12.4 Å². The van der Waals surface area contributed by atoms with Crippen molar-refractivity contribution < 1.29 is 36.2 Å². The Balaban J connectivity index is 2.37. The van der Waals surface area contributed by atoms with E-state index in [2.05, 4.69) is 10.1 Å². The molecular weight excluding hydrogens is 471 g/mol. The number of carboxylic acid groups (broad SMARTS) is 1. The Morgan fingerprint density at radius 1 is 1.10 bits per heavy atom. The third kappa shape index (κ3) is 3.87. The number of alkyl halides is 6. The fourth-order valence-corrected chi connectivity index (χ4v) is 3.09. The number of hydrogen-bond donors (Lipinski definition) is 3. The van der Waals surface area contributed by atoms with E-state index in [0.717, 1.165) is 0 Å². The molecule has 160 valence electrons. The first-order valence-electron chi connectivity index (χ1n) is 7.37. The van der Waals surface area contributed by atoms with Crippen LogP contribution in [0.5, 0.6) is 0 Å². The molecule has 0 bridgehead atoms. The SMILES string of the molecule is O=C(O)Nc1c2c(=O)[nH]c(C(F)(F)F)nc2nn1-c1c(Cl)cc(C(F)(F)F)cc1Cl. The Morgan fingerprint density at radius 2 is 1.67 bits per heavy atom. The number of rotatable bonds is 2. The van der Waals surface area contributed by atoms with Gasteiger partial charge in [-0.2, -0.15) is 26.3 Å². The molecule has 0 radical (unpaired) electrons. The summed E-state index contributed by atoms with van der Waals surface area (Å²) < 4.78 is 77.9. The second kappa shape index (κ2) is 7.05. The molecule has 16 heteroatoms. The van der Waals surface area contributed by atoms with Crippen molar-refractivity contribution in [2.45, 2.75) is 12.4 Å². The second-order valence-electron chi connectivity index (χ2n) is 5.59. The fourth-order valence-electron chi connectivity index (χ4n) is 2.44. The van der Waals surface area contributed by atoms with Gasteiger partial charge in [0.15, 0.2) is 11.5 Å². The molecule has 3 rings (SSSR count). The highest BCUT2D eigenvalue weighted by molar-refractivity contribution is 6.38. The zero-order chi connectivity index (χ0) is 22.6. The normalized spacial score (nSPS) is 12.4. The van der Waals surface area contributed by atoms with Gasteiger partial charge in [0.1, 0.15) is 11.1 Å². The van der Waals surface area contributed by atoms with Crippen molar-refractivity contribution in [1.82, 2.24) is 19.7 Å². The van der Waals surface area contributed by atoms with Crippen LogP contribution < -0.4 is 10.9 Å². The van der Waals surface area contributed by atoms with Gasteiger partial charge >= 0.3 is 18.4 Å². The van der Waals surface area contributed by atoms with E-state index in [9.17, 15) is 35.9 Å². The molecule has 2 aromatic heterocycles. The van der Waals surface area contributed by atoms with Gasteiger partial charge in [-0.15, -0.1) is 5.10 Å².